The van der Waals surface area contributed by atoms with Crippen LogP contribution in [0.5, 0.6) is 5.75 Å². The van der Waals surface area contributed by atoms with Gasteiger partial charge in [0.05, 0.1) is 5.02 Å². The molecule has 1 aromatic rings. The quantitative estimate of drug-likeness (QED) is 0.848. The lowest BCUT2D eigenvalue weighted by Gasteiger charge is -2.34. The molecule has 1 aliphatic heterocycles. The maximum Gasteiger partial charge on any atom is 0.260 e. The number of benzene rings is 1. The van der Waals surface area contributed by atoms with Crippen LogP contribution in [0.3, 0.4) is 0 Å². The van der Waals surface area contributed by atoms with Crippen LogP contribution in [0, 0.1) is 0 Å². The van der Waals surface area contributed by atoms with Crippen molar-refractivity contribution in [2.75, 3.05) is 19.7 Å². The van der Waals surface area contributed by atoms with Crippen LogP contribution < -0.4 is 10.5 Å². The number of carbonyl (C=O) groups excluding carboxylic acids is 1. The van der Waals surface area contributed by atoms with Crippen molar-refractivity contribution < 1.29 is 9.53 Å². The van der Waals surface area contributed by atoms with Gasteiger partial charge >= 0.3 is 0 Å². The maximum absolute atomic E-state index is 12.2. The normalized spacial score (nSPS) is 18.0. The van der Waals surface area contributed by atoms with Crippen LogP contribution >= 0.6 is 39.9 Å². The SMILES string of the molecule is Cl.NCC1CCCCN1C(=O)COc1ccc(Br)cc1Cl. The highest BCUT2D eigenvalue weighted by Crippen LogP contribution is 2.27. The molecule has 1 unspecified atom stereocenters. The minimum absolute atomic E-state index is 0. The van der Waals surface area contributed by atoms with Crippen LogP contribution in [0.2, 0.25) is 5.02 Å². The standard InChI is InChI=1S/C14H18BrClN2O2.ClH/c15-10-4-5-13(12(16)7-10)20-9-14(19)18-6-2-1-3-11(18)8-17;/h4-5,7,11H,1-3,6,8-9,17H2;1H. The Bertz CT molecular complexity index is 488. The Morgan fingerprint density at radius 3 is 2.90 bits per heavy atom. The van der Waals surface area contributed by atoms with Crippen molar-refractivity contribution >= 4 is 45.8 Å². The van der Waals surface area contributed by atoms with Crippen molar-refractivity contribution in [3.05, 3.63) is 27.7 Å². The Labute approximate surface area is 144 Å². The molecule has 1 saturated heterocycles. The molecule has 7 heteroatoms. The fraction of sp³-hybridized carbons (Fsp3) is 0.500. The zero-order valence-corrected chi connectivity index (χ0v) is 14.7. The van der Waals surface area contributed by atoms with Crippen LogP contribution in [-0.2, 0) is 4.79 Å². The number of nitrogens with zero attached hydrogens (tertiary/aromatic N) is 1. The van der Waals surface area contributed by atoms with Gasteiger partial charge in [-0.25, -0.2) is 0 Å². The van der Waals surface area contributed by atoms with E-state index in [1.54, 1.807) is 12.1 Å². The smallest absolute Gasteiger partial charge is 0.260 e. The molecule has 1 aliphatic rings. The summed E-state index contributed by atoms with van der Waals surface area (Å²) in [7, 11) is 0. The van der Waals surface area contributed by atoms with Gasteiger partial charge in [-0.2, -0.15) is 0 Å². The predicted octanol–water partition coefficient (Wildman–Crippen LogP) is 3.24. The zero-order valence-electron chi connectivity index (χ0n) is 11.6. The van der Waals surface area contributed by atoms with Gasteiger partial charge in [-0.15, -0.1) is 12.4 Å². The van der Waals surface area contributed by atoms with E-state index in [1.807, 2.05) is 11.0 Å². The van der Waals surface area contributed by atoms with E-state index in [0.29, 0.717) is 17.3 Å². The summed E-state index contributed by atoms with van der Waals surface area (Å²) in [6.07, 6.45) is 3.13. The van der Waals surface area contributed by atoms with Crippen LogP contribution in [0.25, 0.3) is 0 Å². The minimum Gasteiger partial charge on any atom is -0.482 e. The van der Waals surface area contributed by atoms with Gasteiger partial charge in [0.2, 0.25) is 0 Å². The monoisotopic (exact) mass is 396 g/mol. The lowest BCUT2D eigenvalue weighted by atomic mass is 10.0. The molecule has 1 aromatic carbocycles. The highest BCUT2D eigenvalue weighted by molar-refractivity contribution is 9.10. The number of nitrogens with two attached hydrogens (primary N) is 1. The molecular weight excluding hydrogens is 379 g/mol. The number of amides is 1. The number of rotatable bonds is 4. The van der Waals surface area contributed by atoms with Gasteiger partial charge in [0.25, 0.3) is 5.91 Å². The average molecular weight is 398 g/mol. The summed E-state index contributed by atoms with van der Waals surface area (Å²) in [6.45, 7) is 1.26. The van der Waals surface area contributed by atoms with Crippen molar-refractivity contribution in [1.82, 2.24) is 4.90 Å². The second-order valence-corrected chi connectivity index (χ2v) is 6.16. The second-order valence-electron chi connectivity index (χ2n) is 4.84. The molecule has 2 rings (SSSR count). The number of carbonyl (C=O) groups is 1. The number of hydrogen-bond donors (Lipinski definition) is 1. The second kappa shape index (κ2) is 8.83. The number of ether oxygens (including phenoxy) is 1. The maximum atomic E-state index is 12.2. The largest absolute Gasteiger partial charge is 0.482 e. The molecule has 1 heterocycles. The molecule has 0 aliphatic carbocycles. The van der Waals surface area contributed by atoms with Gasteiger partial charge in [0.1, 0.15) is 5.75 Å². The third-order valence-electron chi connectivity index (χ3n) is 3.46. The fourth-order valence-electron chi connectivity index (χ4n) is 2.39. The molecule has 0 bridgehead atoms. The van der Waals surface area contributed by atoms with Gasteiger partial charge in [0.15, 0.2) is 6.61 Å². The Hall–Kier alpha value is -0.490. The van der Waals surface area contributed by atoms with E-state index in [-0.39, 0.29) is 31.0 Å². The summed E-state index contributed by atoms with van der Waals surface area (Å²) in [4.78, 5) is 14.0. The molecule has 4 nitrogen and oxygen atoms in total. The van der Waals surface area contributed by atoms with Crippen molar-refractivity contribution in [1.29, 1.82) is 0 Å². The Morgan fingerprint density at radius 1 is 1.48 bits per heavy atom. The van der Waals surface area contributed by atoms with Crippen molar-refractivity contribution in [3.63, 3.8) is 0 Å². The molecule has 21 heavy (non-hydrogen) atoms. The number of likely N-dealkylation sites (tertiary alicyclic amines) is 1. The Balaban J connectivity index is 0.00000220. The summed E-state index contributed by atoms with van der Waals surface area (Å²) < 4.78 is 6.39. The van der Waals surface area contributed by atoms with E-state index in [9.17, 15) is 4.79 Å². The summed E-state index contributed by atoms with van der Waals surface area (Å²) in [5, 5.41) is 0.487. The Morgan fingerprint density at radius 2 is 2.24 bits per heavy atom. The van der Waals surface area contributed by atoms with Gasteiger partial charge in [-0.05, 0) is 37.5 Å². The number of halogens is 3. The summed E-state index contributed by atoms with van der Waals surface area (Å²) in [6, 6.07) is 5.46. The van der Waals surface area contributed by atoms with E-state index in [0.717, 1.165) is 30.3 Å². The summed E-state index contributed by atoms with van der Waals surface area (Å²) in [5.41, 5.74) is 5.72. The highest BCUT2D eigenvalue weighted by atomic mass is 79.9. The van der Waals surface area contributed by atoms with Crippen molar-refractivity contribution in [2.24, 2.45) is 5.73 Å². The van der Waals surface area contributed by atoms with Gasteiger partial charge in [-0.1, -0.05) is 27.5 Å². The minimum atomic E-state index is -0.0286. The molecule has 2 N–H and O–H groups in total. The molecule has 1 atom stereocenters. The van der Waals surface area contributed by atoms with Crippen molar-refractivity contribution in [3.8, 4) is 5.75 Å². The van der Waals surface area contributed by atoms with E-state index in [2.05, 4.69) is 15.9 Å². The third kappa shape index (κ3) is 5.02. The predicted molar refractivity (Wildman–Crippen MR) is 90.3 cm³/mol. The average Bonchev–Trinajstić information content (AvgIpc) is 2.46. The first-order valence-corrected chi connectivity index (χ1v) is 7.86. The van der Waals surface area contributed by atoms with E-state index in [1.165, 1.54) is 0 Å². The number of piperidine rings is 1. The number of hydrogen-bond acceptors (Lipinski definition) is 3. The van der Waals surface area contributed by atoms with E-state index >= 15 is 0 Å². The van der Waals surface area contributed by atoms with Crippen LogP contribution in [0.15, 0.2) is 22.7 Å². The Kier molecular flexibility index (Phi) is 7.81. The van der Waals surface area contributed by atoms with Gasteiger partial charge in [0, 0.05) is 23.6 Å². The highest BCUT2D eigenvalue weighted by Gasteiger charge is 2.25. The lowest BCUT2D eigenvalue weighted by molar-refractivity contribution is -0.136. The zero-order chi connectivity index (χ0) is 14.5. The molecule has 0 radical (unpaired) electrons. The van der Waals surface area contributed by atoms with Gasteiger partial charge < -0.3 is 15.4 Å². The van der Waals surface area contributed by atoms with Crippen LogP contribution in [0.4, 0.5) is 0 Å². The summed E-state index contributed by atoms with van der Waals surface area (Å²) in [5.74, 6) is 0.489. The molecule has 118 valence electrons. The van der Waals surface area contributed by atoms with Gasteiger partial charge in [-0.3, -0.25) is 4.79 Å². The van der Waals surface area contributed by atoms with E-state index < -0.39 is 0 Å². The van der Waals surface area contributed by atoms with Crippen LogP contribution in [0.1, 0.15) is 19.3 Å². The first-order valence-electron chi connectivity index (χ1n) is 6.69. The molecule has 0 saturated carbocycles. The lowest BCUT2D eigenvalue weighted by Crippen LogP contribution is -2.49. The molecule has 0 spiro atoms. The third-order valence-corrected chi connectivity index (χ3v) is 4.25. The summed E-state index contributed by atoms with van der Waals surface area (Å²) >= 11 is 9.38. The van der Waals surface area contributed by atoms with Crippen LogP contribution in [-0.4, -0.2) is 36.5 Å². The fourth-order valence-corrected chi connectivity index (χ4v) is 3.12. The van der Waals surface area contributed by atoms with Crippen molar-refractivity contribution in [2.45, 2.75) is 25.3 Å². The molecular formula is C14H19BrCl2N2O2. The topological polar surface area (TPSA) is 55.6 Å². The molecule has 0 aromatic heterocycles. The first-order chi connectivity index (χ1) is 9.61. The molecule has 1 fully saturated rings. The van der Waals surface area contributed by atoms with E-state index in [4.69, 9.17) is 22.1 Å². The first kappa shape index (κ1) is 18.6. The molecule has 1 amide bonds.